The lowest BCUT2D eigenvalue weighted by Crippen LogP contribution is -2.39. The van der Waals surface area contributed by atoms with Gasteiger partial charge in [0.05, 0.1) is 12.0 Å². The van der Waals surface area contributed by atoms with Gasteiger partial charge in [-0.2, -0.15) is 0 Å². The molecule has 134 valence electrons. The van der Waals surface area contributed by atoms with E-state index in [1.54, 1.807) is 26.2 Å². The van der Waals surface area contributed by atoms with Crippen molar-refractivity contribution in [3.05, 3.63) is 23.3 Å². The van der Waals surface area contributed by atoms with Gasteiger partial charge in [-0.15, -0.1) is 12.4 Å². The molecule has 0 heterocycles. The summed E-state index contributed by atoms with van der Waals surface area (Å²) in [5.41, 5.74) is 1.58. The average Bonchev–Trinajstić information content (AvgIpc) is 2.44. The van der Waals surface area contributed by atoms with Crippen molar-refractivity contribution in [1.29, 1.82) is 0 Å². The zero-order chi connectivity index (χ0) is 16.9. The van der Waals surface area contributed by atoms with Crippen LogP contribution in [0.3, 0.4) is 0 Å². The maximum Gasteiger partial charge on any atom is 0.240 e. The first-order valence-electron chi connectivity index (χ1n) is 7.64. The summed E-state index contributed by atoms with van der Waals surface area (Å²) in [7, 11) is -1.93. The van der Waals surface area contributed by atoms with Gasteiger partial charge in [0, 0.05) is 12.6 Å². The third kappa shape index (κ3) is 5.95. The predicted molar refractivity (Wildman–Crippen MR) is 97.4 cm³/mol. The van der Waals surface area contributed by atoms with E-state index >= 15 is 0 Å². The van der Waals surface area contributed by atoms with Crippen LogP contribution in [0.15, 0.2) is 17.0 Å². The van der Waals surface area contributed by atoms with E-state index in [4.69, 9.17) is 4.74 Å². The lowest BCUT2D eigenvalue weighted by Gasteiger charge is -2.18. The number of benzene rings is 1. The smallest absolute Gasteiger partial charge is 0.240 e. The number of ether oxygens (including phenoxy) is 1. The van der Waals surface area contributed by atoms with Gasteiger partial charge in [0.25, 0.3) is 0 Å². The minimum Gasteiger partial charge on any atom is -0.496 e. The Kier molecular flexibility index (Phi) is 9.13. The van der Waals surface area contributed by atoms with Gasteiger partial charge in [-0.1, -0.05) is 20.8 Å². The van der Waals surface area contributed by atoms with E-state index in [0.717, 1.165) is 17.9 Å². The molecule has 0 aromatic heterocycles. The van der Waals surface area contributed by atoms with Crippen molar-refractivity contribution in [2.24, 2.45) is 0 Å². The Morgan fingerprint density at radius 3 is 2.30 bits per heavy atom. The van der Waals surface area contributed by atoms with E-state index in [0.29, 0.717) is 17.0 Å². The van der Waals surface area contributed by atoms with Crippen molar-refractivity contribution in [2.75, 3.05) is 20.2 Å². The molecule has 0 spiro atoms. The van der Waals surface area contributed by atoms with Gasteiger partial charge < -0.3 is 10.1 Å². The quantitative estimate of drug-likeness (QED) is 0.744. The molecule has 0 fully saturated rings. The van der Waals surface area contributed by atoms with Gasteiger partial charge >= 0.3 is 0 Å². The fourth-order valence-corrected chi connectivity index (χ4v) is 3.72. The largest absolute Gasteiger partial charge is 0.496 e. The fourth-order valence-electron chi connectivity index (χ4n) is 2.33. The number of nitrogens with one attached hydrogen (secondary N) is 2. The van der Waals surface area contributed by atoms with Crippen molar-refractivity contribution in [3.8, 4) is 5.75 Å². The molecule has 0 bridgehead atoms. The zero-order valence-electron chi connectivity index (χ0n) is 14.8. The lowest BCUT2D eigenvalue weighted by atomic mass is 10.0. The minimum atomic E-state index is -3.53. The summed E-state index contributed by atoms with van der Waals surface area (Å²) >= 11 is 0. The van der Waals surface area contributed by atoms with Crippen LogP contribution in [0.25, 0.3) is 0 Å². The summed E-state index contributed by atoms with van der Waals surface area (Å²) in [5, 5.41) is 3.19. The van der Waals surface area contributed by atoms with Crippen LogP contribution >= 0.6 is 12.4 Å². The summed E-state index contributed by atoms with van der Waals surface area (Å²) in [6, 6.07) is 3.60. The van der Waals surface area contributed by atoms with Crippen molar-refractivity contribution in [2.45, 2.75) is 51.5 Å². The van der Waals surface area contributed by atoms with Gasteiger partial charge in [-0.3, -0.25) is 0 Å². The highest BCUT2D eigenvalue weighted by atomic mass is 35.5. The van der Waals surface area contributed by atoms with E-state index in [1.807, 2.05) is 27.7 Å². The van der Waals surface area contributed by atoms with Crippen LogP contribution in [0.5, 0.6) is 5.75 Å². The first-order valence-corrected chi connectivity index (χ1v) is 9.12. The van der Waals surface area contributed by atoms with Crippen LogP contribution in [0.2, 0.25) is 0 Å². The molecule has 0 aliphatic heterocycles. The highest BCUT2D eigenvalue weighted by Gasteiger charge is 2.21. The molecular formula is C16H29ClN2O3S. The molecule has 0 radical (unpaired) electrons. The second-order valence-corrected chi connectivity index (χ2v) is 7.56. The van der Waals surface area contributed by atoms with Crippen molar-refractivity contribution in [1.82, 2.24) is 10.0 Å². The van der Waals surface area contributed by atoms with Gasteiger partial charge in [0.1, 0.15) is 5.75 Å². The molecule has 1 aromatic carbocycles. The van der Waals surface area contributed by atoms with Crippen LogP contribution < -0.4 is 14.8 Å². The molecule has 7 heteroatoms. The van der Waals surface area contributed by atoms with E-state index in [1.165, 1.54) is 0 Å². The zero-order valence-corrected chi connectivity index (χ0v) is 16.4. The molecule has 1 atom stereocenters. The lowest BCUT2D eigenvalue weighted by molar-refractivity contribution is 0.406. The monoisotopic (exact) mass is 364 g/mol. The van der Waals surface area contributed by atoms with Crippen molar-refractivity contribution >= 4 is 22.4 Å². The normalized spacial score (nSPS) is 12.8. The topological polar surface area (TPSA) is 67.4 Å². The molecule has 0 saturated carbocycles. The standard InChI is InChI=1S/C16H28N2O3S.ClH/c1-7-17-13(5)10-18-22(19,20)16-9-14(11(2)3)15(21-6)8-12(16)4;/h8-9,11,13,17-18H,7,10H2,1-6H3;1H/t13-;/m1./s1. The van der Waals surface area contributed by atoms with Crippen LogP contribution in [0, 0.1) is 6.92 Å². The number of aryl methyl sites for hydroxylation is 1. The average molecular weight is 365 g/mol. The minimum absolute atomic E-state index is 0. The maximum atomic E-state index is 12.6. The molecule has 1 rings (SSSR count). The summed E-state index contributed by atoms with van der Waals surface area (Å²) in [6.07, 6.45) is 0. The Balaban J connectivity index is 0.00000484. The highest BCUT2D eigenvalue weighted by Crippen LogP contribution is 2.31. The molecule has 0 saturated heterocycles. The summed E-state index contributed by atoms with van der Waals surface area (Å²) < 4.78 is 33.1. The van der Waals surface area contributed by atoms with E-state index in [-0.39, 0.29) is 24.4 Å². The number of sulfonamides is 1. The number of hydrogen-bond donors (Lipinski definition) is 2. The Labute approximate surface area is 146 Å². The molecule has 0 amide bonds. The van der Waals surface area contributed by atoms with Crippen molar-refractivity contribution in [3.63, 3.8) is 0 Å². The number of halogens is 1. The molecule has 0 unspecified atom stereocenters. The Bertz CT molecular complexity index is 604. The molecule has 0 aliphatic rings. The Hall–Kier alpha value is -0.820. The van der Waals surface area contributed by atoms with Gasteiger partial charge in [0.15, 0.2) is 0 Å². The second kappa shape index (κ2) is 9.47. The highest BCUT2D eigenvalue weighted by molar-refractivity contribution is 7.89. The van der Waals surface area contributed by atoms with E-state index in [9.17, 15) is 8.42 Å². The van der Waals surface area contributed by atoms with Gasteiger partial charge in [0.2, 0.25) is 10.0 Å². The van der Waals surface area contributed by atoms with Crippen LogP contribution in [-0.2, 0) is 10.0 Å². The summed E-state index contributed by atoms with van der Waals surface area (Å²) in [5.74, 6) is 0.914. The first-order chi connectivity index (χ1) is 10.2. The van der Waals surface area contributed by atoms with E-state index < -0.39 is 10.0 Å². The van der Waals surface area contributed by atoms with Crippen LogP contribution in [0.4, 0.5) is 0 Å². The molecule has 23 heavy (non-hydrogen) atoms. The fraction of sp³-hybridized carbons (Fsp3) is 0.625. The maximum absolute atomic E-state index is 12.6. The third-order valence-corrected chi connectivity index (χ3v) is 5.14. The Morgan fingerprint density at radius 2 is 1.83 bits per heavy atom. The number of hydrogen-bond acceptors (Lipinski definition) is 4. The summed E-state index contributed by atoms with van der Waals surface area (Å²) in [4.78, 5) is 0.320. The van der Waals surface area contributed by atoms with Crippen molar-refractivity contribution < 1.29 is 13.2 Å². The molecule has 2 N–H and O–H groups in total. The van der Waals surface area contributed by atoms with Crippen LogP contribution in [-0.4, -0.2) is 34.7 Å². The SMILES string of the molecule is CCN[C@H](C)CNS(=O)(=O)c1cc(C(C)C)c(OC)cc1C.Cl. The molecule has 0 aliphatic carbocycles. The number of rotatable bonds is 8. The molecule has 5 nitrogen and oxygen atoms in total. The number of likely N-dealkylation sites (N-methyl/N-ethyl adjacent to an activating group) is 1. The summed E-state index contributed by atoms with van der Waals surface area (Å²) in [6.45, 7) is 10.9. The van der Waals surface area contributed by atoms with E-state index in [2.05, 4.69) is 10.0 Å². The van der Waals surface area contributed by atoms with Crippen LogP contribution in [0.1, 0.15) is 44.7 Å². The molecule has 1 aromatic rings. The third-order valence-electron chi connectivity index (χ3n) is 3.57. The Morgan fingerprint density at radius 1 is 1.22 bits per heavy atom. The predicted octanol–water partition coefficient (Wildman–Crippen LogP) is 2.83. The second-order valence-electron chi connectivity index (χ2n) is 5.82. The number of methoxy groups -OCH3 is 1. The first kappa shape index (κ1) is 22.2. The molecular weight excluding hydrogens is 336 g/mol. The van der Waals surface area contributed by atoms with Gasteiger partial charge in [-0.05, 0) is 49.6 Å². The van der Waals surface area contributed by atoms with Gasteiger partial charge in [-0.25, -0.2) is 13.1 Å².